The van der Waals surface area contributed by atoms with Crippen molar-refractivity contribution >= 4 is 6.09 Å². The average molecular weight is 312 g/mol. The molecule has 22 heavy (non-hydrogen) atoms. The van der Waals surface area contributed by atoms with Gasteiger partial charge in [0.2, 0.25) is 0 Å². The predicted octanol–water partition coefficient (Wildman–Crippen LogP) is 2.72. The number of amides is 1. The van der Waals surface area contributed by atoms with Crippen LogP contribution in [0, 0.1) is 0 Å². The molecule has 2 fully saturated rings. The van der Waals surface area contributed by atoms with Crippen LogP contribution >= 0.6 is 0 Å². The van der Waals surface area contributed by atoms with Gasteiger partial charge in [0, 0.05) is 18.1 Å². The smallest absolute Gasteiger partial charge is 0.407 e. The number of aliphatic hydroxyl groups is 1. The van der Waals surface area contributed by atoms with Crippen molar-refractivity contribution in [3.63, 3.8) is 0 Å². The van der Waals surface area contributed by atoms with Crippen molar-refractivity contribution in [3.8, 4) is 0 Å². The highest BCUT2D eigenvalue weighted by atomic mass is 16.6. The molecular formula is C17H32N2O3. The fraction of sp³-hybridized carbons (Fsp3) is 0.941. The molecule has 0 spiro atoms. The predicted molar refractivity (Wildman–Crippen MR) is 86.8 cm³/mol. The summed E-state index contributed by atoms with van der Waals surface area (Å²) in [6.45, 7) is 5.64. The molecule has 2 aliphatic carbocycles. The fourth-order valence-corrected chi connectivity index (χ4v) is 3.60. The third-order valence-corrected chi connectivity index (χ3v) is 4.51. The Kier molecular flexibility index (Phi) is 6.09. The molecule has 3 N–H and O–H groups in total. The van der Waals surface area contributed by atoms with E-state index in [-0.39, 0.29) is 18.2 Å². The summed E-state index contributed by atoms with van der Waals surface area (Å²) >= 11 is 0. The molecule has 0 aromatic carbocycles. The maximum absolute atomic E-state index is 11.9. The van der Waals surface area contributed by atoms with Gasteiger partial charge in [-0.3, -0.25) is 0 Å². The molecule has 0 aromatic heterocycles. The van der Waals surface area contributed by atoms with Gasteiger partial charge in [-0.1, -0.05) is 0 Å². The second kappa shape index (κ2) is 7.64. The van der Waals surface area contributed by atoms with Gasteiger partial charge >= 0.3 is 6.09 Å². The number of ether oxygens (including phenoxy) is 1. The number of hydrogen-bond acceptors (Lipinski definition) is 4. The molecule has 1 amide bonds. The van der Waals surface area contributed by atoms with Crippen LogP contribution in [0.2, 0.25) is 0 Å². The Morgan fingerprint density at radius 2 is 1.59 bits per heavy atom. The summed E-state index contributed by atoms with van der Waals surface area (Å²) in [5.74, 6) is 0. The van der Waals surface area contributed by atoms with E-state index < -0.39 is 5.60 Å². The number of hydrogen-bond donors (Lipinski definition) is 3. The molecule has 0 aliphatic heterocycles. The van der Waals surface area contributed by atoms with E-state index in [1.807, 2.05) is 20.8 Å². The highest BCUT2D eigenvalue weighted by Crippen LogP contribution is 2.23. The highest BCUT2D eigenvalue weighted by Gasteiger charge is 2.28. The first-order chi connectivity index (χ1) is 10.3. The van der Waals surface area contributed by atoms with Crippen LogP contribution in [0.4, 0.5) is 4.79 Å². The summed E-state index contributed by atoms with van der Waals surface area (Å²) < 4.78 is 5.34. The van der Waals surface area contributed by atoms with Crippen LogP contribution in [0.3, 0.4) is 0 Å². The molecule has 0 saturated heterocycles. The first-order valence-corrected chi connectivity index (χ1v) is 8.75. The lowest BCUT2D eigenvalue weighted by Gasteiger charge is -2.35. The van der Waals surface area contributed by atoms with E-state index in [1.165, 1.54) is 0 Å². The van der Waals surface area contributed by atoms with Crippen molar-refractivity contribution in [1.29, 1.82) is 0 Å². The number of nitrogens with one attached hydrogen (secondary N) is 2. The number of carbonyl (C=O) groups is 1. The molecule has 2 saturated carbocycles. The van der Waals surface area contributed by atoms with Crippen molar-refractivity contribution < 1.29 is 14.6 Å². The van der Waals surface area contributed by atoms with Crippen LogP contribution in [0.15, 0.2) is 0 Å². The van der Waals surface area contributed by atoms with Crippen molar-refractivity contribution in [2.45, 2.75) is 102 Å². The van der Waals surface area contributed by atoms with Gasteiger partial charge in [-0.05, 0) is 72.1 Å². The van der Waals surface area contributed by atoms with Gasteiger partial charge in [-0.15, -0.1) is 0 Å². The third-order valence-electron chi connectivity index (χ3n) is 4.51. The molecule has 0 radical (unpaired) electrons. The standard InChI is InChI=1S/C17H32N2O3/c1-17(2,3)22-16(21)19-13-7-4-6-12(10-13)18-14-8-5-9-15(20)11-14/h12-15,18,20H,4-11H2,1-3H3,(H,19,21). The van der Waals surface area contributed by atoms with E-state index in [1.54, 1.807) is 0 Å². The Hall–Kier alpha value is -0.810. The van der Waals surface area contributed by atoms with Gasteiger partial charge in [0.05, 0.1) is 6.10 Å². The quantitative estimate of drug-likeness (QED) is 0.749. The SMILES string of the molecule is CC(C)(C)OC(=O)NC1CCCC(NC2CCCC(O)C2)C1. The van der Waals surface area contributed by atoms with E-state index in [0.29, 0.717) is 12.1 Å². The number of carbonyl (C=O) groups excluding carboxylic acids is 1. The molecule has 4 unspecified atom stereocenters. The Labute approximate surface area is 134 Å². The van der Waals surface area contributed by atoms with Crippen LogP contribution < -0.4 is 10.6 Å². The Morgan fingerprint density at radius 3 is 2.23 bits per heavy atom. The molecule has 0 aromatic rings. The third kappa shape index (κ3) is 6.13. The second-order valence-electron chi connectivity index (χ2n) is 7.89. The van der Waals surface area contributed by atoms with Gasteiger partial charge in [-0.25, -0.2) is 4.79 Å². The van der Waals surface area contributed by atoms with Crippen molar-refractivity contribution in [2.75, 3.05) is 0 Å². The lowest BCUT2D eigenvalue weighted by atomic mass is 9.88. The maximum atomic E-state index is 11.9. The zero-order chi connectivity index (χ0) is 16.2. The van der Waals surface area contributed by atoms with Crippen LogP contribution in [0.1, 0.15) is 72.1 Å². The topological polar surface area (TPSA) is 70.6 Å². The normalized spacial score (nSPS) is 33.3. The minimum absolute atomic E-state index is 0.148. The van der Waals surface area contributed by atoms with Crippen molar-refractivity contribution in [1.82, 2.24) is 10.6 Å². The summed E-state index contributed by atoms with van der Waals surface area (Å²) in [7, 11) is 0. The number of rotatable bonds is 3. The monoisotopic (exact) mass is 312 g/mol. The van der Waals surface area contributed by atoms with E-state index in [4.69, 9.17) is 4.74 Å². The first-order valence-electron chi connectivity index (χ1n) is 8.75. The minimum Gasteiger partial charge on any atom is -0.444 e. The molecule has 0 heterocycles. The molecule has 128 valence electrons. The molecule has 4 atom stereocenters. The minimum atomic E-state index is -0.450. The van der Waals surface area contributed by atoms with Crippen LogP contribution in [-0.2, 0) is 4.74 Å². The largest absolute Gasteiger partial charge is 0.444 e. The Balaban J connectivity index is 1.75. The van der Waals surface area contributed by atoms with Crippen LogP contribution in [-0.4, -0.2) is 41.0 Å². The molecule has 5 nitrogen and oxygen atoms in total. The van der Waals surface area contributed by atoms with Gasteiger partial charge in [0.1, 0.15) is 5.60 Å². The van der Waals surface area contributed by atoms with Gasteiger partial charge in [0.15, 0.2) is 0 Å². The first kappa shape index (κ1) is 17.5. The van der Waals surface area contributed by atoms with Gasteiger partial charge in [-0.2, -0.15) is 0 Å². The fourth-order valence-electron chi connectivity index (χ4n) is 3.60. The van der Waals surface area contributed by atoms with E-state index in [2.05, 4.69) is 10.6 Å². The highest BCUT2D eigenvalue weighted by molar-refractivity contribution is 5.68. The van der Waals surface area contributed by atoms with Crippen LogP contribution in [0.25, 0.3) is 0 Å². The zero-order valence-corrected chi connectivity index (χ0v) is 14.2. The molecule has 2 rings (SSSR count). The van der Waals surface area contributed by atoms with Gasteiger partial charge < -0.3 is 20.5 Å². The molecular weight excluding hydrogens is 280 g/mol. The zero-order valence-electron chi connectivity index (χ0n) is 14.2. The Morgan fingerprint density at radius 1 is 1.00 bits per heavy atom. The Bertz CT molecular complexity index is 367. The molecule has 0 bridgehead atoms. The lowest BCUT2D eigenvalue weighted by molar-refractivity contribution is 0.0486. The van der Waals surface area contributed by atoms with E-state index in [0.717, 1.165) is 51.4 Å². The van der Waals surface area contributed by atoms with E-state index >= 15 is 0 Å². The molecule has 5 heteroatoms. The second-order valence-corrected chi connectivity index (χ2v) is 7.89. The maximum Gasteiger partial charge on any atom is 0.407 e. The summed E-state index contributed by atoms with van der Waals surface area (Å²) in [6.07, 6.45) is 7.83. The van der Waals surface area contributed by atoms with Crippen molar-refractivity contribution in [3.05, 3.63) is 0 Å². The number of aliphatic hydroxyl groups excluding tert-OH is 1. The summed E-state index contributed by atoms with van der Waals surface area (Å²) in [4.78, 5) is 11.9. The lowest BCUT2D eigenvalue weighted by Crippen LogP contribution is -2.49. The summed E-state index contributed by atoms with van der Waals surface area (Å²) in [6, 6.07) is 1.05. The molecule has 2 aliphatic rings. The van der Waals surface area contributed by atoms with Crippen LogP contribution in [0.5, 0.6) is 0 Å². The number of alkyl carbamates (subject to hydrolysis) is 1. The average Bonchev–Trinajstić information content (AvgIpc) is 2.36. The van der Waals surface area contributed by atoms with Gasteiger partial charge in [0.25, 0.3) is 0 Å². The summed E-state index contributed by atoms with van der Waals surface area (Å²) in [5, 5.41) is 16.5. The van der Waals surface area contributed by atoms with E-state index in [9.17, 15) is 9.90 Å². The van der Waals surface area contributed by atoms with Crippen molar-refractivity contribution in [2.24, 2.45) is 0 Å². The summed E-state index contributed by atoms with van der Waals surface area (Å²) in [5.41, 5.74) is -0.450.